The molecule has 1 N–H and O–H groups in total. The van der Waals surface area contributed by atoms with Crippen LogP contribution in [0, 0.1) is 11.6 Å². The molecule has 0 unspecified atom stereocenters. The van der Waals surface area contributed by atoms with Crippen LogP contribution in [0.5, 0.6) is 0 Å². The van der Waals surface area contributed by atoms with Crippen LogP contribution in [0.1, 0.15) is 30.0 Å². The van der Waals surface area contributed by atoms with Gasteiger partial charge in [0.15, 0.2) is 6.10 Å². The van der Waals surface area contributed by atoms with Crippen LogP contribution in [-0.2, 0) is 33.6 Å². The van der Waals surface area contributed by atoms with Gasteiger partial charge in [-0.3, -0.25) is 9.59 Å². The van der Waals surface area contributed by atoms with E-state index < -0.39 is 29.6 Å². The van der Waals surface area contributed by atoms with Gasteiger partial charge in [0.2, 0.25) is 0 Å². The zero-order valence-electron chi connectivity index (χ0n) is 14.4. The first-order valence-electron chi connectivity index (χ1n) is 8.48. The van der Waals surface area contributed by atoms with Crippen LogP contribution in [0.4, 0.5) is 14.5 Å². The fourth-order valence-corrected chi connectivity index (χ4v) is 3.02. The number of benzene rings is 2. The first-order chi connectivity index (χ1) is 12.4. The first-order valence-corrected chi connectivity index (χ1v) is 8.48. The number of carbonyl (C=O) groups excluding carboxylic acids is 2. The maximum Gasteiger partial charge on any atom is 0.311 e. The van der Waals surface area contributed by atoms with Crippen LogP contribution in [0.15, 0.2) is 36.4 Å². The van der Waals surface area contributed by atoms with E-state index in [1.165, 1.54) is 18.1 Å². The van der Waals surface area contributed by atoms with Crippen molar-refractivity contribution in [3.05, 3.63) is 64.7 Å². The van der Waals surface area contributed by atoms with Gasteiger partial charge in [-0.25, -0.2) is 8.78 Å². The number of fused-ring (bicyclic) bond motifs is 1. The second-order valence-corrected chi connectivity index (χ2v) is 6.38. The van der Waals surface area contributed by atoms with Gasteiger partial charge in [-0.2, -0.15) is 0 Å². The molecule has 1 aliphatic rings. The van der Waals surface area contributed by atoms with E-state index in [0.29, 0.717) is 0 Å². The lowest BCUT2D eigenvalue weighted by molar-refractivity contribution is -0.152. The minimum Gasteiger partial charge on any atom is -0.452 e. The lowest BCUT2D eigenvalue weighted by Crippen LogP contribution is -2.30. The molecule has 0 spiro atoms. The molecule has 136 valence electrons. The Bertz CT molecular complexity index is 851. The van der Waals surface area contributed by atoms with Crippen LogP contribution >= 0.6 is 0 Å². The van der Waals surface area contributed by atoms with E-state index in [-0.39, 0.29) is 12.1 Å². The molecule has 0 saturated carbocycles. The first kappa shape index (κ1) is 18.0. The van der Waals surface area contributed by atoms with Crippen molar-refractivity contribution < 1.29 is 23.1 Å². The molecule has 0 heterocycles. The molecule has 0 radical (unpaired) electrons. The number of ether oxygens (including phenoxy) is 1. The molecule has 0 aliphatic heterocycles. The molecular weight excluding hydrogens is 340 g/mol. The average molecular weight is 359 g/mol. The minimum absolute atomic E-state index is 0.0548. The number of esters is 1. The minimum atomic E-state index is -1.13. The normalized spacial score (nSPS) is 13.8. The van der Waals surface area contributed by atoms with Gasteiger partial charge in [0.1, 0.15) is 11.6 Å². The molecule has 4 nitrogen and oxygen atoms in total. The number of rotatable bonds is 5. The van der Waals surface area contributed by atoms with E-state index in [0.717, 1.165) is 43.0 Å². The number of anilines is 1. The van der Waals surface area contributed by atoms with Gasteiger partial charge in [0, 0.05) is 6.07 Å². The SMILES string of the molecule is C[C@H](OC(=O)Cc1ccc2c(c1)CCC2)C(=O)Nc1cc(F)ccc1F. The third kappa shape index (κ3) is 4.25. The highest BCUT2D eigenvalue weighted by Gasteiger charge is 2.20. The number of halogens is 2. The molecule has 26 heavy (non-hydrogen) atoms. The molecule has 0 fully saturated rings. The van der Waals surface area contributed by atoms with Crippen LogP contribution < -0.4 is 5.32 Å². The van der Waals surface area contributed by atoms with Crippen molar-refractivity contribution in [3.63, 3.8) is 0 Å². The standard InChI is InChI=1S/C20H19F2NO3/c1-12(20(25)23-18-11-16(21)7-8-17(18)22)26-19(24)10-13-5-6-14-3-2-4-15(14)9-13/h5-9,11-12H,2-4,10H2,1H3,(H,23,25)/t12-/m0/s1. The number of aryl methyl sites for hydroxylation is 2. The maximum atomic E-state index is 13.6. The quantitative estimate of drug-likeness (QED) is 0.831. The van der Waals surface area contributed by atoms with E-state index in [1.54, 1.807) is 0 Å². The number of hydrogen-bond acceptors (Lipinski definition) is 3. The highest BCUT2D eigenvalue weighted by Crippen LogP contribution is 2.23. The fraction of sp³-hybridized carbons (Fsp3) is 0.300. The molecule has 3 rings (SSSR count). The number of amides is 1. The summed E-state index contributed by atoms with van der Waals surface area (Å²) in [6, 6.07) is 8.63. The van der Waals surface area contributed by atoms with E-state index in [1.807, 2.05) is 18.2 Å². The number of carbonyl (C=O) groups is 2. The van der Waals surface area contributed by atoms with Gasteiger partial charge >= 0.3 is 5.97 Å². The average Bonchev–Trinajstić information content (AvgIpc) is 3.05. The van der Waals surface area contributed by atoms with Crippen molar-refractivity contribution in [3.8, 4) is 0 Å². The molecule has 1 atom stereocenters. The molecule has 2 aromatic rings. The summed E-state index contributed by atoms with van der Waals surface area (Å²) in [6.07, 6.45) is 2.13. The summed E-state index contributed by atoms with van der Waals surface area (Å²) in [4.78, 5) is 24.1. The monoisotopic (exact) mass is 359 g/mol. The van der Waals surface area contributed by atoms with Crippen LogP contribution in [0.3, 0.4) is 0 Å². The number of hydrogen-bond donors (Lipinski definition) is 1. The molecule has 6 heteroatoms. The van der Waals surface area contributed by atoms with Crippen molar-refractivity contribution >= 4 is 17.6 Å². The lowest BCUT2D eigenvalue weighted by Gasteiger charge is -2.14. The van der Waals surface area contributed by atoms with Gasteiger partial charge in [0.25, 0.3) is 5.91 Å². The summed E-state index contributed by atoms with van der Waals surface area (Å²) >= 11 is 0. The zero-order valence-corrected chi connectivity index (χ0v) is 14.4. The second-order valence-electron chi connectivity index (χ2n) is 6.38. The smallest absolute Gasteiger partial charge is 0.311 e. The largest absolute Gasteiger partial charge is 0.452 e. The van der Waals surface area contributed by atoms with Crippen molar-refractivity contribution in [2.24, 2.45) is 0 Å². The summed E-state index contributed by atoms with van der Waals surface area (Å²) in [6.45, 7) is 1.38. The second kappa shape index (κ2) is 7.64. The Labute approximate surface area is 150 Å². The summed E-state index contributed by atoms with van der Waals surface area (Å²) in [5, 5.41) is 2.22. The Morgan fingerprint density at radius 2 is 1.88 bits per heavy atom. The Kier molecular flexibility index (Phi) is 5.30. The van der Waals surface area contributed by atoms with E-state index >= 15 is 0 Å². The van der Waals surface area contributed by atoms with Crippen LogP contribution in [0.25, 0.3) is 0 Å². The van der Waals surface area contributed by atoms with Crippen molar-refractivity contribution in [1.82, 2.24) is 0 Å². The van der Waals surface area contributed by atoms with Crippen molar-refractivity contribution in [2.45, 2.75) is 38.7 Å². The third-order valence-electron chi connectivity index (χ3n) is 4.38. The van der Waals surface area contributed by atoms with Crippen molar-refractivity contribution in [2.75, 3.05) is 5.32 Å². The third-order valence-corrected chi connectivity index (χ3v) is 4.38. The van der Waals surface area contributed by atoms with Gasteiger partial charge in [-0.05, 0) is 55.0 Å². The van der Waals surface area contributed by atoms with Crippen molar-refractivity contribution in [1.29, 1.82) is 0 Å². The van der Waals surface area contributed by atoms with E-state index in [4.69, 9.17) is 4.74 Å². The van der Waals surface area contributed by atoms with Crippen LogP contribution in [0.2, 0.25) is 0 Å². The predicted molar refractivity (Wildman–Crippen MR) is 92.7 cm³/mol. The Morgan fingerprint density at radius 1 is 1.12 bits per heavy atom. The van der Waals surface area contributed by atoms with Gasteiger partial charge < -0.3 is 10.1 Å². The van der Waals surface area contributed by atoms with Gasteiger partial charge in [0.05, 0.1) is 12.1 Å². The molecule has 1 amide bonds. The van der Waals surface area contributed by atoms with E-state index in [9.17, 15) is 18.4 Å². The molecule has 0 saturated heterocycles. The zero-order chi connectivity index (χ0) is 18.7. The highest BCUT2D eigenvalue weighted by atomic mass is 19.1. The van der Waals surface area contributed by atoms with Gasteiger partial charge in [-0.15, -0.1) is 0 Å². The van der Waals surface area contributed by atoms with E-state index in [2.05, 4.69) is 5.32 Å². The molecule has 2 aromatic carbocycles. The number of nitrogens with one attached hydrogen (secondary N) is 1. The lowest BCUT2D eigenvalue weighted by atomic mass is 10.0. The summed E-state index contributed by atoms with van der Waals surface area (Å²) < 4.78 is 31.8. The Morgan fingerprint density at radius 3 is 2.69 bits per heavy atom. The fourth-order valence-electron chi connectivity index (χ4n) is 3.02. The summed E-state index contributed by atoms with van der Waals surface area (Å²) in [5.74, 6) is -2.72. The van der Waals surface area contributed by atoms with Crippen LogP contribution in [-0.4, -0.2) is 18.0 Å². The molecule has 1 aliphatic carbocycles. The molecular formula is C20H19F2NO3. The summed E-state index contributed by atoms with van der Waals surface area (Å²) in [7, 11) is 0. The van der Waals surface area contributed by atoms with Gasteiger partial charge in [-0.1, -0.05) is 18.2 Å². The Balaban J connectivity index is 1.56. The molecule has 0 aromatic heterocycles. The molecule has 0 bridgehead atoms. The highest BCUT2D eigenvalue weighted by molar-refractivity contribution is 5.95. The predicted octanol–water partition coefficient (Wildman–Crippen LogP) is 3.57. The maximum absolute atomic E-state index is 13.6. The topological polar surface area (TPSA) is 55.4 Å². The Hall–Kier alpha value is -2.76. The summed E-state index contributed by atoms with van der Waals surface area (Å²) in [5.41, 5.74) is 3.10.